The van der Waals surface area contributed by atoms with Crippen LogP contribution in [0, 0.1) is 5.92 Å². The predicted molar refractivity (Wildman–Crippen MR) is 80.8 cm³/mol. The lowest BCUT2D eigenvalue weighted by Crippen LogP contribution is -2.24. The summed E-state index contributed by atoms with van der Waals surface area (Å²) in [6, 6.07) is 7.10. The zero-order valence-electron chi connectivity index (χ0n) is 12.7. The molecule has 114 valence electrons. The molecule has 0 spiro atoms. The average Bonchev–Trinajstić information content (AvgIpc) is 2.85. The summed E-state index contributed by atoms with van der Waals surface area (Å²) in [5, 5.41) is 9.53. The van der Waals surface area contributed by atoms with Gasteiger partial charge in [0.15, 0.2) is 0 Å². The second kappa shape index (κ2) is 6.72. The van der Waals surface area contributed by atoms with Gasteiger partial charge in [0, 0.05) is 0 Å². The Kier molecular flexibility index (Phi) is 4.96. The van der Waals surface area contributed by atoms with Gasteiger partial charge in [0.05, 0.1) is 17.6 Å². The molecule has 0 aliphatic heterocycles. The van der Waals surface area contributed by atoms with Gasteiger partial charge < -0.3 is 14.4 Å². The molecule has 1 atom stereocenters. The number of hydrogen-bond donors (Lipinski definition) is 1. The molecule has 0 bridgehead atoms. The maximum atomic E-state index is 12.3. The van der Waals surface area contributed by atoms with Gasteiger partial charge in [-0.1, -0.05) is 32.9 Å². The van der Waals surface area contributed by atoms with E-state index in [1.807, 2.05) is 45.0 Å². The Labute approximate surface area is 124 Å². The Balaban J connectivity index is 2.39. The van der Waals surface area contributed by atoms with Crippen LogP contribution in [0.25, 0.3) is 11.0 Å². The minimum absolute atomic E-state index is 0.206. The predicted octanol–water partition coefficient (Wildman–Crippen LogP) is 2.68. The molecule has 5 nitrogen and oxygen atoms in total. The number of benzene rings is 1. The van der Waals surface area contributed by atoms with Crippen LogP contribution in [-0.2, 0) is 16.1 Å². The quantitative estimate of drug-likeness (QED) is 0.831. The molecule has 0 saturated heterocycles. The smallest absolute Gasteiger partial charge is 0.329 e. The van der Waals surface area contributed by atoms with E-state index in [4.69, 9.17) is 4.74 Å². The Bertz CT molecular complexity index is 619. The van der Waals surface area contributed by atoms with E-state index >= 15 is 0 Å². The molecule has 1 N–H and O–H groups in total. The molecule has 2 rings (SSSR count). The van der Waals surface area contributed by atoms with Crippen molar-refractivity contribution in [2.45, 2.75) is 39.8 Å². The highest BCUT2D eigenvalue weighted by molar-refractivity contribution is 5.81. The van der Waals surface area contributed by atoms with Crippen molar-refractivity contribution >= 4 is 17.0 Å². The number of aromatic nitrogens is 2. The number of carbonyl (C=O) groups excluding carboxylic acids is 1. The zero-order valence-corrected chi connectivity index (χ0v) is 12.7. The van der Waals surface area contributed by atoms with Crippen LogP contribution in [0.15, 0.2) is 24.3 Å². The van der Waals surface area contributed by atoms with Gasteiger partial charge in [-0.2, -0.15) is 0 Å². The molecule has 5 heteroatoms. The summed E-state index contributed by atoms with van der Waals surface area (Å²) in [5.41, 5.74) is 1.62. The molecule has 0 radical (unpaired) electrons. The summed E-state index contributed by atoms with van der Waals surface area (Å²) in [7, 11) is 0. The number of rotatable bonds is 6. The number of ether oxygens (including phenoxy) is 1. The maximum Gasteiger partial charge on any atom is 0.329 e. The Morgan fingerprint density at radius 2 is 2.10 bits per heavy atom. The second-order valence-corrected chi connectivity index (χ2v) is 5.49. The molecule has 1 aromatic heterocycles. The van der Waals surface area contributed by atoms with Crippen LogP contribution in [0.3, 0.4) is 0 Å². The van der Waals surface area contributed by atoms with Crippen LogP contribution < -0.4 is 0 Å². The highest BCUT2D eigenvalue weighted by Crippen LogP contribution is 2.24. The van der Waals surface area contributed by atoms with E-state index in [0.717, 1.165) is 11.0 Å². The molecular weight excluding hydrogens is 268 g/mol. The molecule has 1 aromatic carbocycles. The molecule has 1 unspecified atom stereocenters. The number of fused-ring (bicyclic) bond motifs is 1. The van der Waals surface area contributed by atoms with Crippen molar-refractivity contribution in [3.63, 3.8) is 0 Å². The Morgan fingerprint density at radius 1 is 1.38 bits per heavy atom. The topological polar surface area (TPSA) is 64.3 Å². The van der Waals surface area contributed by atoms with Gasteiger partial charge in [0.2, 0.25) is 0 Å². The minimum Gasteiger partial charge on any atom is -0.464 e. The molecule has 21 heavy (non-hydrogen) atoms. The number of carbonyl (C=O) groups is 1. The van der Waals surface area contributed by atoms with Crippen molar-refractivity contribution in [1.82, 2.24) is 9.55 Å². The largest absolute Gasteiger partial charge is 0.464 e. The molecule has 0 fully saturated rings. The van der Waals surface area contributed by atoms with E-state index in [2.05, 4.69) is 4.98 Å². The van der Waals surface area contributed by atoms with Crippen molar-refractivity contribution in [3.05, 3.63) is 30.1 Å². The molecule has 0 aliphatic carbocycles. The van der Waals surface area contributed by atoms with Crippen LogP contribution >= 0.6 is 0 Å². The van der Waals surface area contributed by atoms with Crippen LogP contribution in [0.2, 0.25) is 0 Å². The molecule has 0 saturated carbocycles. The number of esters is 1. The lowest BCUT2D eigenvalue weighted by Gasteiger charge is -2.19. The van der Waals surface area contributed by atoms with Crippen molar-refractivity contribution in [3.8, 4) is 0 Å². The fourth-order valence-corrected chi connectivity index (χ4v) is 2.35. The first-order chi connectivity index (χ1) is 10.1. The molecule has 1 heterocycles. The van der Waals surface area contributed by atoms with Gasteiger partial charge in [0.25, 0.3) is 0 Å². The fourth-order valence-electron chi connectivity index (χ4n) is 2.35. The van der Waals surface area contributed by atoms with E-state index in [0.29, 0.717) is 24.8 Å². The highest BCUT2D eigenvalue weighted by atomic mass is 16.5. The number of para-hydroxylation sites is 2. The van der Waals surface area contributed by atoms with Crippen LogP contribution in [-0.4, -0.2) is 27.2 Å². The van der Waals surface area contributed by atoms with E-state index in [1.54, 1.807) is 4.57 Å². The number of aliphatic hydroxyl groups is 1. The summed E-state index contributed by atoms with van der Waals surface area (Å²) < 4.78 is 7.15. The second-order valence-electron chi connectivity index (χ2n) is 5.49. The molecule has 0 aliphatic rings. The fraction of sp³-hybridized carbons (Fsp3) is 0.500. The standard InChI is InChI=1S/C16H22N2O3/c1-4-13(16(20)21-10-11(2)3)18-14-8-6-5-7-12(14)17-15(18)9-19/h5-8,11,13,19H,4,9-10H2,1-3H3. The first-order valence-corrected chi connectivity index (χ1v) is 7.31. The maximum absolute atomic E-state index is 12.3. The molecule has 2 aromatic rings. The number of imidazole rings is 1. The normalized spacial score (nSPS) is 12.8. The first-order valence-electron chi connectivity index (χ1n) is 7.31. The zero-order chi connectivity index (χ0) is 15.4. The van der Waals surface area contributed by atoms with E-state index in [-0.39, 0.29) is 12.6 Å². The molecule has 0 amide bonds. The third kappa shape index (κ3) is 3.24. The van der Waals surface area contributed by atoms with E-state index < -0.39 is 6.04 Å². The van der Waals surface area contributed by atoms with Crippen LogP contribution in [0.1, 0.15) is 39.1 Å². The Hall–Kier alpha value is -1.88. The third-order valence-corrected chi connectivity index (χ3v) is 3.34. The van der Waals surface area contributed by atoms with Gasteiger partial charge in [-0.05, 0) is 24.5 Å². The van der Waals surface area contributed by atoms with Crippen LogP contribution in [0.4, 0.5) is 0 Å². The summed E-state index contributed by atoms with van der Waals surface area (Å²) >= 11 is 0. The van der Waals surface area contributed by atoms with Gasteiger partial charge >= 0.3 is 5.97 Å². The number of hydrogen-bond acceptors (Lipinski definition) is 4. The van der Waals surface area contributed by atoms with Crippen LogP contribution in [0.5, 0.6) is 0 Å². The van der Waals surface area contributed by atoms with Crippen molar-refractivity contribution in [2.75, 3.05) is 6.61 Å². The minimum atomic E-state index is -0.460. The number of aliphatic hydroxyl groups excluding tert-OH is 1. The summed E-state index contributed by atoms with van der Waals surface area (Å²) in [4.78, 5) is 16.7. The Morgan fingerprint density at radius 3 is 2.71 bits per heavy atom. The number of nitrogens with zero attached hydrogens (tertiary/aromatic N) is 2. The first kappa shape index (κ1) is 15.5. The van der Waals surface area contributed by atoms with Gasteiger partial charge in [-0.3, -0.25) is 0 Å². The van der Waals surface area contributed by atoms with Crippen molar-refractivity contribution < 1.29 is 14.6 Å². The molecular formula is C16H22N2O3. The summed E-state index contributed by atoms with van der Waals surface area (Å²) in [6.45, 7) is 6.12. The SMILES string of the molecule is CCC(C(=O)OCC(C)C)n1c(CO)nc2ccccc21. The van der Waals surface area contributed by atoms with Gasteiger partial charge in [-0.25, -0.2) is 9.78 Å². The lowest BCUT2D eigenvalue weighted by atomic mass is 10.2. The van der Waals surface area contributed by atoms with E-state index in [1.165, 1.54) is 0 Å². The monoisotopic (exact) mass is 290 g/mol. The van der Waals surface area contributed by atoms with E-state index in [9.17, 15) is 9.90 Å². The third-order valence-electron chi connectivity index (χ3n) is 3.34. The summed E-state index contributed by atoms with van der Waals surface area (Å²) in [6.07, 6.45) is 0.588. The van der Waals surface area contributed by atoms with Gasteiger partial charge in [-0.15, -0.1) is 0 Å². The highest BCUT2D eigenvalue weighted by Gasteiger charge is 2.25. The lowest BCUT2D eigenvalue weighted by molar-refractivity contribution is -0.148. The summed E-state index contributed by atoms with van der Waals surface area (Å²) in [5.74, 6) is 0.511. The van der Waals surface area contributed by atoms with Gasteiger partial charge in [0.1, 0.15) is 18.5 Å². The average molecular weight is 290 g/mol. The van der Waals surface area contributed by atoms with Crippen molar-refractivity contribution in [1.29, 1.82) is 0 Å². The van der Waals surface area contributed by atoms with Crippen molar-refractivity contribution in [2.24, 2.45) is 5.92 Å².